The van der Waals surface area contributed by atoms with Gasteiger partial charge in [-0.3, -0.25) is 0 Å². The second-order valence-electron chi connectivity index (χ2n) is 1.62. The van der Waals surface area contributed by atoms with Gasteiger partial charge < -0.3 is 19.2 Å². The summed E-state index contributed by atoms with van der Waals surface area (Å²) in [6.45, 7) is 0. The number of benzene rings is 1. The first-order chi connectivity index (χ1) is 5.00. The van der Waals surface area contributed by atoms with Crippen molar-refractivity contribution in [3.8, 4) is 0 Å². The summed E-state index contributed by atoms with van der Waals surface area (Å²) in [4.78, 5) is 24.3. The molecule has 1 aromatic carbocycles. The molecule has 7 heteroatoms. The Labute approximate surface area is 121 Å². The Morgan fingerprint density at radius 3 is 1.00 bits per heavy atom. The van der Waals surface area contributed by atoms with E-state index in [0.29, 0.717) is 0 Å². The molecule has 62 valence electrons. The molecule has 0 heterocycles. The van der Waals surface area contributed by atoms with Crippen molar-refractivity contribution in [2.75, 3.05) is 0 Å². The maximum atomic E-state index is 8.66. The molecule has 0 fully saturated rings. The van der Waals surface area contributed by atoms with Crippen LogP contribution in [0.5, 0.6) is 0 Å². The Bertz CT molecular complexity index is 190. The second-order valence-corrected chi connectivity index (χ2v) is 2.56. The van der Waals surface area contributed by atoms with Crippen LogP contribution in [0.3, 0.4) is 0 Å². The molecule has 0 unspecified atom stereocenters. The predicted octanol–water partition coefficient (Wildman–Crippen LogP) is -6.50. The average molecular weight is 220 g/mol. The fraction of sp³-hybridized carbons (Fsp3) is 0. The summed E-state index contributed by atoms with van der Waals surface area (Å²) in [7, 11) is -5.14. The van der Waals surface area contributed by atoms with E-state index in [9.17, 15) is 0 Å². The van der Waals surface area contributed by atoms with Gasteiger partial charge in [-0.2, -0.15) is 0 Å². The molecule has 0 spiro atoms. The number of phosphoric acid groups is 1. The smallest absolute Gasteiger partial charge is 0.790 e. The van der Waals surface area contributed by atoms with Crippen molar-refractivity contribution >= 4 is 7.82 Å². The fourth-order valence-corrected chi connectivity index (χ4v) is 0.385. The summed E-state index contributed by atoms with van der Waals surface area (Å²) in [6, 6.07) is 12.0. The van der Waals surface area contributed by atoms with Crippen LogP contribution in [0.1, 0.15) is 0 Å². The van der Waals surface area contributed by atoms with E-state index in [4.69, 9.17) is 19.2 Å². The van der Waals surface area contributed by atoms with E-state index in [2.05, 4.69) is 0 Å². The van der Waals surface area contributed by atoms with E-state index < -0.39 is 7.82 Å². The largest absolute Gasteiger partial charge is 1.00 e. The predicted molar refractivity (Wildman–Crippen MR) is 36.3 cm³/mol. The third-order valence-corrected chi connectivity index (χ3v) is 0.667. The Hall–Kier alpha value is 1.33. The van der Waals surface area contributed by atoms with Gasteiger partial charge >= 0.3 is 59.1 Å². The van der Waals surface area contributed by atoms with Crippen LogP contribution in [-0.2, 0) is 4.57 Å². The van der Waals surface area contributed by atoms with Crippen LogP contribution >= 0.6 is 7.82 Å². The molecule has 0 aromatic heterocycles. The molecule has 0 bridgehead atoms. The summed E-state index contributed by atoms with van der Waals surface area (Å²) in [6.07, 6.45) is 0. The molecule has 0 atom stereocenters. The van der Waals surface area contributed by atoms with Gasteiger partial charge in [0.1, 0.15) is 0 Å². The van der Waals surface area contributed by atoms with E-state index in [0.717, 1.165) is 0 Å². The normalized spacial score (nSPS) is 8.23. The molecular weight excluding hydrogens is 213 g/mol. The monoisotopic (exact) mass is 220 g/mol. The first kappa shape index (κ1) is 19.8. The molecule has 0 amide bonds. The summed E-state index contributed by atoms with van der Waals surface area (Å²) in [5.41, 5.74) is 0. The van der Waals surface area contributed by atoms with Crippen molar-refractivity contribution in [3.05, 3.63) is 36.4 Å². The zero-order chi connectivity index (χ0) is 8.74. The summed E-state index contributed by atoms with van der Waals surface area (Å²) >= 11 is 0. The maximum absolute atomic E-state index is 8.66. The third kappa shape index (κ3) is 31.8. The minimum Gasteiger partial charge on any atom is -0.790 e. The quantitative estimate of drug-likeness (QED) is 0.348. The molecular formula is C6H7Na2O4P. The van der Waals surface area contributed by atoms with E-state index in [1.807, 2.05) is 36.4 Å². The molecule has 0 aliphatic heterocycles. The van der Waals surface area contributed by atoms with Crippen molar-refractivity contribution in [3.63, 3.8) is 0 Å². The van der Waals surface area contributed by atoms with Crippen LogP contribution < -0.4 is 68.9 Å². The van der Waals surface area contributed by atoms with E-state index >= 15 is 0 Å². The van der Waals surface area contributed by atoms with Crippen LogP contribution in [0, 0.1) is 0 Å². The van der Waals surface area contributed by atoms with Crippen LogP contribution in [-0.4, -0.2) is 4.89 Å². The Balaban J connectivity index is -0.000000136. The van der Waals surface area contributed by atoms with E-state index in [1.165, 1.54) is 0 Å². The van der Waals surface area contributed by atoms with Gasteiger partial charge in [0, 0.05) is 0 Å². The van der Waals surface area contributed by atoms with Gasteiger partial charge in [0.2, 0.25) is 0 Å². The van der Waals surface area contributed by atoms with Crippen molar-refractivity contribution < 1.29 is 78.4 Å². The van der Waals surface area contributed by atoms with Gasteiger partial charge in [-0.1, -0.05) is 36.4 Å². The minimum absolute atomic E-state index is 0. The second kappa shape index (κ2) is 11.4. The Morgan fingerprint density at radius 1 is 0.846 bits per heavy atom. The molecule has 0 saturated heterocycles. The van der Waals surface area contributed by atoms with E-state index in [-0.39, 0.29) is 59.1 Å². The molecule has 4 nitrogen and oxygen atoms in total. The zero-order valence-corrected chi connectivity index (χ0v) is 12.5. The first-order valence-electron chi connectivity index (χ1n) is 2.75. The molecule has 0 radical (unpaired) electrons. The van der Waals surface area contributed by atoms with Crippen molar-refractivity contribution in [2.45, 2.75) is 0 Å². The summed E-state index contributed by atoms with van der Waals surface area (Å²) < 4.78 is 8.66. The zero-order valence-electron chi connectivity index (χ0n) is 7.58. The molecule has 1 N–H and O–H groups in total. The molecule has 0 aliphatic carbocycles. The molecule has 0 saturated carbocycles. The van der Waals surface area contributed by atoms with Crippen molar-refractivity contribution in [2.24, 2.45) is 0 Å². The molecule has 1 aromatic rings. The van der Waals surface area contributed by atoms with Gasteiger partial charge in [-0.25, -0.2) is 0 Å². The van der Waals surface area contributed by atoms with Crippen LogP contribution in [0.4, 0.5) is 0 Å². The third-order valence-electron chi connectivity index (χ3n) is 0.667. The van der Waals surface area contributed by atoms with Crippen molar-refractivity contribution in [1.29, 1.82) is 0 Å². The van der Waals surface area contributed by atoms with Crippen molar-refractivity contribution in [1.82, 2.24) is 0 Å². The molecule has 13 heavy (non-hydrogen) atoms. The first-order valence-corrected chi connectivity index (χ1v) is 4.24. The average Bonchev–Trinajstić information content (AvgIpc) is 1.88. The SMILES string of the molecule is O=P([O-])([O-])O.[Na+].[Na+].c1ccccc1. The summed E-state index contributed by atoms with van der Waals surface area (Å²) in [5, 5.41) is 0. The summed E-state index contributed by atoms with van der Waals surface area (Å²) in [5.74, 6) is 0. The van der Waals surface area contributed by atoms with Crippen LogP contribution in [0.2, 0.25) is 0 Å². The van der Waals surface area contributed by atoms with Gasteiger partial charge in [0.05, 0.1) is 7.82 Å². The van der Waals surface area contributed by atoms with Crippen LogP contribution in [0.15, 0.2) is 36.4 Å². The Kier molecular flexibility index (Phi) is 17.4. The standard InChI is InChI=1S/C6H6.2Na.H3O4P/c1-2-4-6-5-3-1;;;1-5(2,3)4/h1-6H;;;(H3,1,2,3,4)/q;2*+1;/p-2. The van der Waals surface area contributed by atoms with E-state index in [1.54, 1.807) is 0 Å². The number of hydrogen-bond donors (Lipinski definition) is 1. The topological polar surface area (TPSA) is 83.4 Å². The van der Waals surface area contributed by atoms with Gasteiger partial charge in [-0.05, 0) is 0 Å². The van der Waals surface area contributed by atoms with Gasteiger partial charge in [0.15, 0.2) is 0 Å². The Morgan fingerprint density at radius 2 is 0.923 bits per heavy atom. The number of rotatable bonds is 0. The van der Waals surface area contributed by atoms with Gasteiger partial charge in [-0.15, -0.1) is 0 Å². The molecule has 0 aliphatic rings. The fourth-order valence-electron chi connectivity index (χ4n) is 0.385. The van der Waals surface area contributed by atoms with Crippen LogP contribution in [0.25, 0.3) is 0 Å². The van der Waals surface area contributed by atoms with Gasteiger partial charge in [0.25, 0.3) is 0 Å². The minimum atomic E-state index is -5.14. The maximum Gasteiger partial charge on any atom is 1.00 e. The number of hydrogen-bond acceptors (Lipinski definition) is 3. The molecule has 1 rings (SSSR count).